The minimum Gasteiger partial charge on any atom is -0.483 e. The Kier molecular flexibility index (Phi) is 10.9. The topological polar surface area (TPSA) is 42.5 Å². The van der Waals surface area contributed by atoms with Gasteiger partial charge in [-0.1, -0.05) is 60.7 Å². The molecule has 0 saturated carbocycles. The first-order valence-electron chi connectivity index (χ1n) is 13.9. The molecule has 42 heavy (non-hydrogen) atoms. The van der Waals surface area contributed by atoms with Crippen LogP contribution in [0.3, 0.4) is 0 Å². The van der Waals surface area contributed by atoms with E-state index in [1.54, 1.807) is 36.4 Å². The summed E-state index contributed by atoms with van der Waals surface area (Å²) >= 11 is 0. The zero-order valence-corrected chi connectivity index (χ0v) is 23.1. The first-order chi connectivity index (χ1) is 20.1. The lowest BCUT2D eigenvalue weighted by molar-refractivity contribution is -0.153. The Morgan fingerprint density at radius 2 is 0.857 bits per heavy atom. The van der Waals surface area contributed by atoms with Crippen LogP contribution in [0.25, 0.3) is 21.5 Å². The zero-order valence-electron chi connectivity index (χ0n) is 23.1. The first kappa shape index (κ1) is 31.4. The van der Waals surface area contributed by atoms with E-state index in [1.807, 2.05) is 36.4 Å². The lowest BCUT2D eigenvalue weighted by Crippen LogP contribution is -2.22. The number of hydrogen-bond donors (Lipinski definition) is 2. The quantitative estimate of drug-likeness (QED) is 0.110. The summed E-state index contributed by atoms with van der Waals surface area (Å²) in [5.41, 5.74) is 2.10. The van der Waals surface area contributed by atoms with Crippen LogP contribution >= 0.6 is 0 Å². The van der Waals surface area contributed by atoms with Crippen LogP contribution in [0.15, 0.2) is 72.8 Å². The molecule has 0 aromatic heterocycles. The van der Waals surface area contributed by atoms with Crippen molar-refractivity contribution in [3.05, 3.63) is 83.9 Å². The molecule has 0 spiro atoms. The van der Waals surface area contributed by atoms with Gasteiger partial charge in [-0.25, -0.2) is 0 Å². The van der Waals surface area contributed by atoms with Gasteiger partial charge in [-0.2, -0.15) is 26.3 Å². The van der Waals surface area contributed by atoms with Crippen LogP contribution in [0.5, 0.6) is 11.5 Å². The summed E-state index contributed by atoms with van der Waals surface area (Å²) in [6, 6.07) is 21.5. The minimum atomic E-state index is -4.39. The summed E-state index contributed by atoms with van der Waals surface area (Å²) in [5.74, 6) is 0.458. The zero-order chi connectivity index (χ0) is 30.0. The molecule has 226 valence electrons. The molecule has 0 bridgehead atoms. The maximum Gasteiger partial charge on any atom is 0.422 e. The highest BCUT2D eigenvalue weighted by molar-refractivity contribution is 5.92. The van der Waals surface area contributed by atoms with E-state index >= 15 is 0 Å². The molecule has 0 amide bonds. The van der Waals surface area contributed by atoms with Crippen LogP contribution in [0, 0.1) is 0 Å². The molecule has 0 aliphatic rings. The maximum atomic E-state index is 12.6. The van der Waals surface area contributed by atoms with Crippen molar-refractivity contribution in [3.63, 3.8) is 0 Å². The Morgan fingerprint density at radius 1 is 0.476 bits per heavy atom. The number of alkyl halides is 6. The van der Waals surface area contributed by atoms with E-state index in [9.17, 15) is 26.3 Å². The average molecular weight is 593 g/mol. The molecular weight excluding hydrogens is 558 g/mol. The molecule has 0 aliphatic carbocycles. The van der Waals surface area contributed by atoms with Gasteiger partial charge in [0.05, 0.1) is 0 Å². The number of ether oxygens (including phenoxy) is 2. The summed E-state index contributed by atoms with van der Waals surface area (Å²) < 4.78 is 85.6. The third kappa shape index (κ3) is 9.52. The van der Waals surface area contributed by atoms with Gasteiger partial charge in [0.2, 0.25) is 0 Å². The molecule has 0 fully saturated rings. The fourth-order valence-corrected chi connectivity index (χ4v) is 4.87. The fraction of sp³-hybridized carbons (Fsp3) is 0.375. The number of hydrogen-bond acceptors (Lipinski definition) is 4. The highest BCUT2D eigenvalue weighted by atomic mass is 19.4. The van der Waals surface area contributed by atoms with E-state index in [4.69, 9.17) is 9.47 Å². The third-order valence-corrected chi connectivity index (χ3v) is 6.83. The second-order valence-electron chi connectivity index (χ2n) is 10.1. The first-order valence-corrected chi connectivity index (χ1v) is 13.9. The number of nitrogens with one attached hydrogen (secondary N) is 2. The standard InChI is InChI=1S/C32H34F6N2O2/c33-31(34,35)21-41-29-13-11-23(25-7-1-3-9-27(25)29)15-19-39-17-5-6-18-40-20-16-24-12-14-30(42-22-32(36,37)38)28-10-4-2-8-26(24)28/h1-4,7-14,39-40H,5-6,15-22H2. The minimum absolute atomic E-state index is 0.229. The molecule has 4 nitrogen and oxygen atoms in total. The predicted molar refractivity (Wildman–Crippen MR) is 153 cm³/mol. The number of unbranched alkanes of at least 4 members (excludes halogenated alkanes) is 1. The summed E-state index contributed by atoms with van der Waals surface area (Å²) in [4.78, 5) is 0. The van der Waals surface area contributed by atoms with Gasteiger partial charge in [0, 0.05) is 10.8 Å². The third-order valence-electron chi connectivity index (χ3n) is 6.83. The molecule has 4 rings (SSSR count). The van der Waals surface area contributed by atoms with E-state index in [2.05, 4.69) is 10.6 Å². The molecule has 10 heteroatoms. The van der Waals surface area contributed by atoms with E-state index in [0.29, 0.717) is 10.8 Å². The van der Waals surface area contributed by atoms with Gasteiger partial charge in [0.25, 0.3) is 0 Å². The number of fused-ring (bicyclic) bond motifs is 2. The lowest BCUT2D eigenvalue weighted by atomic mass is 10.0. The fourth-order valence-electron chi connectivity index (χ4n) is 4.87. The summed E-state index contributed by atoms with van der Waals surface area (Å²) in [6.07, 6.45) is -5.33. The lowest BCUT2D eigenvalue weighted by Gasteiger charge is -2.14. The second-order valence-corrected chi connectivity index (χ2v) is 10.1. The van der Waals surface area contributed by atoms with Crippen molar-refractivity contribution < 1.29 is 35.8 Å². The Labute approximate surface area is 241 Å². The van der Waals surface area contributed by atoms with Crippen LogP contribution in [0.1, 0.15) is 24.0 Å². The van der Waals surface area contributed by atoms with Crippen LogP contribution in [0.2, 0.25) is 0 Å². The molecule has 4 aromatic rings. The van der Waals surface area contributed by atoms with Crippen LogP contribution in [0.4, 0.5) is 26.3 Å². The Balaban J connectivity index is 1.15. The summed E-state index contributed by atoms with van der Waals surface area (Å²) in [5, 5.41) is 9.98. The largest absolute Gasteiger partial charge is 0.483 e. The van der Waals surface area contributed by atoms with Crippen molar-refractivity contribution in [1.29, 1.82) is 0 Å². The van der Waals surface area contributed by atoms with Crippen molar-refractivity contribution in [2.24, 2.45) is 0 Å². The average Bonchev–Trinajstić information content (AvgIpc) is 2.95. The molecule has 0 radical (unpaired) electrons. The molecule has 4 aromatic carbocycles. The summed E-state index contributed by atoms with van der Waals surface area (Å²) in [7, 11) is 0. The van der Waals surface area contributed by atoms with Crippen molar-refractivity contribution in [3.8, 4) is 11.5 Å². The predicted octanol–water partition coefficient (Wildman–Crippen LogP) is 7.62. The van der Waals surface area contributed by atoms with Gasteiger partial charge < -0.3 is 20.1 Å². The molecule has 0 heterocycles. The van der Waals surface area contributed by atoms with Gasteiger partial charge >= 0.3 is 12.4 Å². The highest BCUT2D eigenvalue weighted by Crippen LogP contribution is 2.31. The van der Waals surface area contributed by atoms with Gasteiger partial charge in [-0.05, 0) is 85.9 Å². The van der Waals surface area contributed by atoms with Gasteiger partial charge in [-0.3, -0.25) is 0 Å². The maximum absolute atomic E-state index is 12.6. The molecule has 0 saturated heterocycles. The van der Waals surface area contributed by atoms with Gasteiger partial charge in [-0.15, -0.1) is 0 Å². The van der Waals surface area contributed by atoms with Crippen molar-refractivity contribution in [2.75, 3.05) is 39.4 Å². The van der Waals surface area contributed by atoms with Gasteiger partial charge in [0.15, 0.2) is 13.2 Å². The second kappa shape index (κ2) is 14.6. The van der Waals surface area contributed by atoms with Crippen molar-refractivity contribution in [1.82, 2.24) is 10.6 Å². The Bertz CT molecular complexity index is 1330. The molecule has 0 atom stereocenters. The molecule has 2 N–H and O–H groups in total. The van der Waals surface area contributed by atoms with Crippen molar-refractivity contribution >= 4 is 21.5 Å². The van der Waals surface area contributed by atoms with Crippen molar-refractivity contribution in [2.45, 2.75) is 38.0 Å². The highest BCUT2D eigenvalue weighted by Gasteiger charge is 2.29. The van der Waals surface area contributed by atoms with E-state index in [-0.39, 0.29) is 11.5 Å². The number of halogens is 6. The number of rotatable bonds is 15. The molecular formula is C32H34F6N2O2. The van der Waals surface area contributed by atoms with E-state index in [1.165, 1.54) is 0 Å². The summed E-state index contributed by atoms with van der Waals surface area (Å²) in [6.45, 7) is 0.541. The van der Waals surface area contributed by atoms with Crippen LogP contribution < -0.4 is 20.1 Å². The van der Waals surface area contributed by atoms with E-state index in [0.717, 1.165) is 73.8 Å². The normalized spacial score (nSPS) is 12.2. The molecule has 0 unspecified atom stereocenters. The molecule has 0 aliphatic heterocycles. The van der Waals surface area contributed by atoms with Crippen LogP contribution in [-0.4, -0.2) is 51.7 Å². The van der Waals surface area contributed by atoms with E-state index < -0.39 is 25.6 Å². The Hall–Kier alpha value is -3.50. The number of benzene rings is 4. The van der Waals surface area contributed by atoms with Crippen LogP contribution in [-0.2, 0) is 12.8 Å². The smallest absolute Gasteiger partial charge is 0.422 e. The Morgan fingerprint density at radius 3 is 1.24 bits per heavy atom. The monoisotopic (exact) mass is 592 g/mol. The SMILES string of the molecule is FC(F)(F)COc1ccc(CCNCCCCNCCc2ccc(OCC(F)(F)F)c3ccccc23)c2ccccc12. The van der Waals surface area contributed by atoms with Gasteiger partial charge in [0.1, 0.15) is 11.5 Å².